The Morgan fingerprint density at radius 2 is 2.26 bits per heavy atom. The first-order valence-electron chi connectivity index (χ1n) is 7.50. The summed E-state index contributed by atoms with van der Waals surface area (Å²) in [5.74, 6) is 0.956. The number of aliphatic hydroxyl groups excluding tert-OH is 1. The molecule has 4 rings (SSSR count). The van der Waals surface area contributed by atoms with Gasteiger partial charge in [0.1, 0.15) is 5.52 Å². The van der Waals surface area contributed by atoms with Crippen LogP contribution in [0.5, 0.6) is 0 Å². The lowest BCUT2D eigenvalue weighted by Crippen LogP contribution is -2.23. The zero-order valence-electron chi connectivity index (χ0n) is 12.7. The molecule has 2 atom stereocenters. The number of anilines is 2. The molecule has 0 aliphatic carbocycles. The number of hydrogen-bond donors (Lipinski definition) is 4. The summed E-state index contributed by atoms with van der Waals surface area (Å²) >= 11 is 0. The van der Waals surface area contributed by atoms with E-state index in [4.69, 9.17) is 5.73 Å². The fourth-order valence-electron chi connectivity index (χ4n) is 3.14. The van der Waals surface area contributed by atoms with Gasteiger partial charge < -0.3 is 20.7 Å². The van der Waals surface area contributed by atoms with Gasteiger partial charge in [0.2, 0.25) is 5.95 Å². The highest BCUT2D eigenvalue weighted by atomic mass is 16.3. The van der Waals surface area contributed by atoms with E-state index in [1.54, 1.807) is 6.33 Å². The number of aromatic nitrogens is 6. The summed E-state index contributed by atoms with van der Waals surface area (Å²) in [6, 6.07) is 2.01. The monoisotopic (exact) mass is 314 g/mol. The molecule has 5 N–H and O–H groups in total. The van der Waals surface area contributed by atoms with Crippen molar-refractivity contribution in [1.82, 2.24) is 30.1 Å². The summed E-state index contributed by atoms with van der Waals surface area (Å²) in [7, 11) is 0. The number of nitrogens with one attached hydrogen (secondary N) is 2. The number of β-amino-alcohol motifs (C(OH)–C–C–N with tert-alkyl or cyclic N) is 1. The molecule has 1 aliphatic heterocycles. The maximum Gasteiger partial charge on any atom is 0.224 e. The first-order chi connectivity index (χ1) is 11.1. The number of H-pyrrole nitrogens is 2. The summed E-state index contributed by atoms with van der Waals surface area (Å²) in [4.78, 5) is 17.6. The Bertz CT molecular complexity index is 840. The minimum Gasteiger partial charge on any atom is -0.391 e. The van der Waals surface area contributed by atoms with E-state index in [2.05, 4.69) is 30.1 Å². The number of aliphatic hydroxyl groups is 1. The minimum absolute atomic E-state index is 0.0897. The van der Waals surface area contributed by atoms with Crippen LogP contribution in [-0.4, -0.2) is 54.4 Å². The lowest BCUT2D eigenvalue weighted by molar-refractivity contribution is 0.148. The molecular formula is C14H18N8O. The molecule has 0 spiro atoms. The minimum atomic E-state index is -0.443. The van der Waals surface area contributed by atoms with E-state index < -0.39 is 6.10 Å². The molecule has 23 heavy (non-hydrogen) atoms. The topological polar surface area (TPSA) is 133 Å². The van der Waals surface area contributed by atoms with Gasteiger partial charge in [-0.25, -0.2) is 4.98 Å². The third-order valence-corrected chi connectivity index (χ3v) is 4.22. The first-order valence-corrected chi connectivity index (χ1v) is 7.50. The molecule has 3 aromatic rings. The lowest BCUT2D eigenvalue weighted by atomic mass is 10.0. The zero-order valence-corrected chi connectivity index (χ0v) is 12.7. The van der Waals surface area contributed by atoms with Crippen LogP contribution >= 0.6 is 0 Å². The van der Waals surface area contributed by atoms with Gasteiger partial charge in [-0.3, -0.25) is 5.10 Å². The third-order valence-electron chi connectivity index (χ3n) is 4.22. The molecule has 0 radical (unpaired) electrons. The summed E-state index contributed by atoms with van der Waals surface area (Å²) in [5, 5.41) is 17.6. The summed E-state index contributed by atoms with van der Waals surface area (Å²) in [5.41, 5.74) is 9.02. The molecule has 1 fully saturated rings. The Morgan fingerprint density at radius 3 is 3.04 bits per heavy atom. The second kappa shape index (κ2) is 5.20. The number of fused-ring (bicyclic) bond motifs is 1. The van der Waals surface area contributed by atoms with Gasteiger partial charge >= 0.3 is 0 Å². The third kappa shape index (κ3) is 2.48. The number of hydrogen-bond acceptors (Lipinski definition) is 7. The van der Waals surface area contributed by atoms with Crippen molar-refractivity contribution < 1.29 is 5.11 Å². The van der Waals surface area contributed by atoms with Crippen molar-refractivity contribution in [2.75, 3.05) is 23.7 Å². The van der Waals surface area contributed by atoms with Crippen molar-refractivity contribution in [1.29, 1.82) is 0 Å². The van der Waals surface area contributed by atoms with Crippen molar-refractivity contribution in [3.63, 3.8) is 0 Å². The predicted molar refractivity (Wildman–Crippen MR) is 84.8 cm³/mol. The molecule has 1 saturated heterocycles. The molecule has 9 heteroatoms. The Balaban J connectivity index is 1.59. The molecule has 0 amide bonds. The molecule has 0 unspecified atom stereocenters. The number of rotatable bonds is 3. The fourth-order valence-corrected chi connectivity index (χ4v) is 3.14. The van der Waals surface area contributed by atoms with Crippen LogP contribution in [0.2, 0.25) is 0 Å². The Morgan fingerprint density at radius 1 is 1.39 bits per heavy atom. The molecule has 120 valence electrons. The maximum atomic E-state index is 10.4. The Hall–Kier alpha value is -2.68. The van der Waals surface area contributed by atoms with E-state index in [1.165, 1.54) is 0 Å². The van der Waals surface area contributed by atoms with Crippen molar-refractivity contribution in [3.8, 4) is 0 Å². The van der Waals surface area contributed by atoms with Gasteiger partial charge in [0.05, 0.1) is 18.1 Å². The highest BCUT2D eigenvalue weighted by Gasteiger charge is 2.34. The van der Waals surface area contributed by atoms with E-state index in [0.717, 1.165) is 16.9 Å². The number of nitrogens with zero attached hydrogens (tertiary/aromatic N) is 5. The average molecular weight is 314 g/mol. The normalized spacial score (nSPS) is 21.4. The SMILES string of the molecule is Cc1cc(C[C@@H]2CN(c3nc(N)nc4nc[nH]c34)C[C@@H]2O)n[nH]1. The number of imidazole rings is 1. The Kier molecular flexibility index (Phi) is 3.15. The standard InChI is InChI=1S/C14H18N8O/c1-7-2-9(21-20-7)3-8-4-22(5-10(8)23)13-11-12(17-6-16-11)18-14(15)19-13/h2,6,8,10,23H,3-5H2,1H3,(H,20,21)(H3,15,16,17,18,19)/t8-,10+/m1/s1. The van der Waals surface area contributed by atoms with Crippen LogP contribution in [0, 0.1) is 12.8 Å². The second-order valence-corrected chi connectivity index (χ2v) is 5.99. The van der Waals surface area contributed by atoms with Crippen LogP contribution in [0.1, 0.15) is 11.4 Å². The van der Waals surface area contributed by atoms with E-state index in [-0.39, 0.29) is 11.9 Å². The molecule has 0 aromatic carbocycles. The second-order valence-electron chi connectivity index (χ2n) is 5.99. The van der Waals surface area contributed by atoms with Gasteiger partial charge in [-0.2, -0.15) is 15.1 Å². The van der Waals surface area contributed by atoms with Gasteiger partial charge in [-0.1, -0.05) is 0 Å². The molecule has 9 nitrogen and oxygen atoms in total. The van der Waals surface area contributed by atoms with Crippen LogP contribution in [0.4, 0.5) is 11.8 Å². The van der Waals surface area contributed by atoms with Crippen molar-refractivity contribution in [2.45, 2.75) is 19.4 Å². The molecule has 0 bridgehead atoms. The molecule has 1 aliphatic rings. The zero-order chi connectivity index (χ0) is 16.0. The Labute approximate surface area is 132 Å². The van der Waals surface area contributed by atoms with E-state index in [9.17, 15) is 5.11 Å². The lowest BCUT2D eigenvalue weighted by Gasteiger charge is -2.17. The van der Waals surface area contributed by atoms with Crippen molar-refractivity contribution >= 4 is 22.9 Å². The smallest absolute Gasteiger partial charge is 0.224 e. The highest BCUT2D eigenvalue weighted by Crippen LogP contribution is 2.29. The molecular weight excluding hydrogens is 296 g/mol. The van der Waals surface area contributed by atoms with E-state index in [1.807, 2.05) is 17.9 Å². The summed E-state index contributed by atoms with van der Waals surface area (Å²) in [6.45, 7) is 3.14. The average Bonchev–Trinajstić information content (AvgIpc) is 3.20. The number of aryl methyl sites for hydroxylation is 1. The molecule has 4 heterocycles. The first kappa shape index (κ1) is 13.9. The number of nitrogens with two attached hydrogens (primary N) is 1. The van der Waals surface area contributed by atoms with Crippen molar-refractivity contribution in [2.24, 2.45) is 5.92 Å². The van der Waals surface area contributed by atoms with Crippen molar-refractivity contribution in [3.05, 3.63) is 23.8 Å². The fraction of sp³-hybridized carbons (Fsp3) is 0.429. The van der Waals surface area contributed by atoms with Gasteiger partial charge in [-0.15, -0.1) is 0 Å². The largest absolute Gasteiger partial charge is 0.391 e. The highest BCUT2D eigenvalue weighted by molar-refractivity contribution is 5.84. The summed E-state index contributed by atoms with van der Waals surface area (Å²) in [6.07, 6.45) is 1.84. The predicted octanol–water partition coefficient (Wildman–Crippen LogP) is 0.00642. The van der Waals surface area contributed by atoms with Gasteiger partial charge in [0, 0.05) is 24.7 Å². The molecule has 3 aromatic heterocycles. The number of aromatic amines is 2. The van der Waals surface area contributed by atoms with Crippen LogP contribution < -0.4 is 10.6 Å². The van der Waals surface area contributed by atoms with Crippen LogP contribution in [-0.2, 0) is 6.42 Å². The number of nitrogen functional groups attached to an aromatic ring is 1. The van der Waals surface area contributed by atoms with Crippen LogP contribution in [0.25, 0.3) is 11.2 Å². The van der Waals surface area contributed by atoms with Gasteiger partial charge in [-0.05, 0) is 19.4 Å². The van der Waals surface area contributed by atoms with Gasteiger partial charge in [0.25, 0.3) is 0 Å². The van der Waals surface area contributed by atoms with Crippen LogP contribution in [0.15, 0.2) is 12.4 Å². The summed E-state index contributed by atoms with van der Waals surface area (Å²) < 4.78 is 0. The van der Waals surface area contributed by atoms with E-state index >= 15 is 0 Å². The molecule has 0 saturated carbocycles. The quantitative estimate of drug-likeness (QED) is 0.535. The van der Waals surface area contributed by atoms with Crippen LogP contribution in [0.3, 0.4) is 0 Å². The van der Waals surface area contributed by atoms with E-state index in [0.29, 0.717) is 31.0 Å². The maximum absolute atomic E-state index is 10.4. The van der Waals surface area contributed by atoms with Gasteiger partial charge in [0.15, 0.2) is 11.5 Å².